The molecule has 1 aromatic heterocycles. The van der Waals surface area contributed by atoms with Crippen molar-refractivity contribution in [3.8, 4) is 5.88 Å². The summed E-state index contributed by atoms with van der Waals surface area (Å²) in [6.07, 6.45) is 3.84. The Bertz CT molecular complexity index is 938. The highest BCUT2D eigenvalue weighted by Gasteiger charge is 2.22. The minimum absolute atomic E-state index is 0.125. The zero-order valence-corrected chi connectivity index (χ0v) is 15.4. The molecule has 1 N–H and O–H groups in total. The van der Waals surface area contributed by atoms with Gasteiger partial charge >= 0.3 is 0 Å². The maximum Gasteiger partial charge on any atom is 0.211 e. The summed E-state index contributed by atoms with van der Waals surface area (Å²) in [6, 6.07) is 6.70. The number of hydrogen-bond donors (Lipinski definition) is 1. The van der Waals surface area contributed by atoms with Gasteiger partial charge in [-0.2, -0.15) is 0 Å². The molecule has 1 aromatic carbocycles. The van der Waals surface area contributed by atoms with Gasteiger partial charge in [0.15, 0.2) is 3.95 Å². The Hall–Kier alpha value is -2.25. The Kier molecular flexibility index (Phi) is 4.87. The zero-order chi connectivity index (χ0) is 18.1. The van der Waals surface area contributed by atoms with Crippen LogP contribution in [0.4, 0.5) is 5.69 Å². The van der Waals surface area contributed by atoms with E-state index in [4.69, 9.17) is 12.2 Å². The van der Waals surface area contributed by atoms with E-state index in [1.54, 1.807) is 12.3 Å². The molecule has 5 nitrogen and oxygen atoms in total. The first-order valence-corrected chi connectivity index (χ1v) is 9.11. The normalized spacial score (nSPS) is 15.7. The van der Waals surface area contributed by atoms with Crippen molar-refractivity contribution in [2.45, 2.75) is 26.3 Å². The molecule has 2 heterocycles. The molecule has 0 radical (unpaired) electrons. The fourth-order valence-corrected chi connectivity index (χ4v) is 4.17. The van der Waals surface area contributed by atoms with Crippen LogP contribution in [0.3, 0.4) is 0 Å². The number of nitrogens with zero attached hydrogens (tertiary/aromatic N) is 2. The summed E-state index contributed by atoms with van der Waals surface area (Å²) in [6.45, 7) is 3.83. The molecule has 3 rings (SSSR count). The number of carbonyl (C=O) groups is 1. The number of allylic oxidation sites excluding steroid dienone is 1. The van der Waals surface area contributed by atoms with E-state index in [2.05, 4.69) is 4.99 Å². The Morgan fingerprint density at radius 3 is 2.84 bits per heavy atom. The number of rotatable bonds is 5. The predicted octanol–water partition coefficient (Wildman–Crippen LogP) is 3.58. The first kappa shape index (κ1) is 17.6. The number of aromatic hydroxyl groups is 1. The Morgan fingerprint density at radius 2 is 2.16 bits per heavy atom. The van der Waals surface area contributed by atoms with Gasteiger partial charge in [-0.25, -0.2) is 0 Å². The fraction of sp³-hybridized carbons (Fsp3) is 0.278. The Balaban J connectivity index is 2.04. The number of carboxylic acid groups (broad SMARTS) is 1. The SMILES string of the molecule is CC(C)CC(C(=O)[O-])n1c(O)c(/C=C2\C=Nc3ccccc32)sc1=S. The average molecular weight is 373 g/mol. The molecule has 1 aliphatic heterocycles. The number of benzene rings is 1. The third-order valence-electron chi connectivity index (χ3n) is 3.97. The summed E-state index contributed by atoms with van der Waals surface area (Å²) in [5.41, 5.74) is 2.68. The van der Waals surface area contributed by atoms with Gasteiger partial charge in [0.25, 0.3) is 0 Å². The molecule has 1 unspecified atom stereocenters. The maximum absolute atomic E-state index is 11.5. The quantitative estimate of drug-likeness (QED) is 0.813. The molecule has 1 atom stereocenters. The molecule has 2 aromatic rings. The van der Waals surface area contributed by atoms with Crippen LogP contribution in [-0.2, 0) is 4.79 Å². The molecule has 0 aliphatic carbocycles. The number of fused-ring (bicyclic) bond motifs is 1. The predicted molar refractivity (Wildman–Crippen MR) is 101 cm³/mol. The van der Waals surface area contributed by atoms with Gasteiger partial charge in [-0.3, -0.25) is 9.56 Å². The van der Waals surface area contributed by atoms with E-state index in [1.807, 2.05) is 38.1 Å². The fourth-order valence-electron chi connectivity index (χ4n) is 2.81. The van der Waals surface area contributed by atoms with Crippen molar-refractivity contribution in [3.05, 3.63) is 38.7 Å². The standard InChI is InChI=1S/C18H18N2O3S2/c1-10(2)7-14(17(22)23)20-16(21)15(25-18(20)24)8-11-9-19-13-6-4-3-5-12(11)13/h3-6,8-10,14,21H,7H2,1-2H3,(H,22,23)/p-1/b11-8+. The minimum Gasteiger partial charge on any atom is -0.548 e. The first-order valence-electron chi connectivity index (χ1n) is 7.88. The summed E-state index contributed by atoms with van der Waals surface area (Å²) >= 11 is 6.47. The Morgan fingerprint density at radius 1 is 1.44 bits per heavy atom. The van der Waals surface area contributed by atoms with Gasteiger partial charge in [0.1, 0.15) is 0 Å². The molecule has 0 fully saturated rings. The van der Waals surface area contributed by atoms with Crippen LogP contribution in [0.5, 0.6) is 5.88 Å². The van der Waals surface area contributed by atoms with E-state index in [1.165, 1.54) is 15.9 Å². The molecule has 1 aliphatic rings. The summed E-state index contributed by atoms with van der Waals surface area (Å²) in [5, 5.41) is 22.1. The summed E-state index contributed by atoms with van der Waals surface area (Å²) < 4.78 is 1.59. The van der Waals surface area contributed by atoms with Crippen LogP contribution in [0, 0.1) is 9.87 Å². The monoisotopic (exact) mass is 373 g/mol. The van der Waals surface area contributed by atoms with E-state index >= 15 is 0 Å². The van der Waals surface area contributed by atoms with E-state index in [0.717, 1.165) is 16.8 Å². The third-order valence-corrected chi connectivity index (χ3v) is 5.30. The first-order chi connectivity index (χ1) is 11.9. The highest BCUT2D eigenvalue weighted by atomic mass is 32.1. The molecule has 0 amide bonds. The van der Waals surface area contributed by atoms with E-state index < -0.39 is 12.0 Å². The smallest absolute Gasteiger partial charge is 0.211 e. The number of para-hydroxylation sites is 1. The summed E-state index contributed by atoms with van der Waals surface area (Å²) in [4.78, 5) is 16.4. The van der Waals surface area contributed by atoms with Gasteiger partial charge < -0.3 is 15.0 Å². The molecular weight excluding hydrogens is 356 g/mol. The van der Waals surface area contributed by atoms with Crippen molar-refractivity contribution < 1.29 is 15.0 Å². The average Bonchev–Trinajstić information content (AvgIpc) is 3.07. The van der Waals surface area contributed by atoms with Crippen LogP contribution in [0.15, 0.2) is 29.3 Å². The van der Waals surface area contributed by atoms with E-state index in [-0.39, 0.29) is 11.8 Å². The second kappa shape index (κ2) is 6.93. The van der Waals surface area contributed by atoms with Gasteiger partial charge in [0.2, 0.25) is 5.88 Å². The molecule has 0 saturated carbocycles. The lowest BCUT2D eigenvalue weighted by Crippen LogP contribution is -2.34. The van der Waals surface area contributed by atoms with Crippen molar-refractivity contribution in [2.75, 3.05) is 0 Å². The highest BCUT2D eigenvalue weighted by Crippen LogP contribution is 2.37. The van der Waals surface area contributed by atoms with E-state index in [0.29, 0.717) is 15.3 Å². The topological polar surface area (TPSA) is 77.6 Å². The van der Waals surface area contributed by atoms with Crippen molar-refractivity contribution in [1.29, 1.82) is 0 Å². The molecule has 0 bridgehead atoms. The largest absolute Gasteiger partial charge is 0.548 e. The van der Waals surface area contributed by atoms with Crippen molar-refractivity contribution in [2.24, 2.45) is 10.9 Å². The van der Waals surface area contributed by atoms with E-state index in [9.17, 15) is 15.0 Å². The number of aliphatic carboxylic acids is 1. The molecule has 130 valence electrons. The number of aromatic nitrogens is 1. The van der Waals surface area contributed by atoms with Crippen molar-refractivity contribution >= 4 is 53.1 Å². The third kappa shape index (κ3) is 3.43. The van der Waals surface area contributed by atoms with Gasteiger partial charge in [-0.05, 0) is 36.7 Å². The van der Waals surface area contributed by atoms with Crippen LogP contribution in [0.1, 0.15) is 36.8 Å². The maximum atomic E-state index is 11.5. The number of aliphatic imine (C=N–C) groups is 1. The van der Waals surface area contributed by atoms with Gasteiger partial charge in [-0.1, -0.05) is 32.0 Å². The molecule has 7 heteroatoms. The number of carboxylic acids is 1. The molecular formula is C18H17N2O3S2-. The zero-order valence-electron chi connectivity index (χ0n) is 13.8. The molecule has 0 saturated heterocycles. The lowest BCUT2D eigenvalue weighted by Gasteiger charge is -2.22. The summed E-state index contributed by atoms with van der Waals surface area (Å²) in [7, 11) is 0. The van der Waals surface area contributed by atoms with Gasteiger partial charge in [0.05, 0.1) is 22.6 Å². The molecule has 0 spiro atoms. The molecule has 25 heavy (non-hydrogen) atoms. The van der Waals surface area contributed by atoms with Crippen molar-refractivity contribution in [3.63, 3.8) is 0 Å². The van der Waals surface area contributed by atoms with Crippen LogP contribution < -0.4 is 5.11 Å². The van der Waals surface area contributed by atoms with Crippen LogP contribution >= 0.6 is 23.6 Å². The lowest BCUT2D eigenvalue weighted by molar-refractivity contribution is -0.311. The second-order valence-corrected chi connectivity index (χ2v) is 7.94. The van der Waals surface area contributed by atoms with Crippen LogP contribution in [0.2, 0.25) is 0 Å². The second-order valence-electron chi connectivity index (χ2n) is 6.27. The van der Waals surface area contributed by atoms with Crippen LogP contribution in [0.25, 0.3) is 11.6 Å². The number of hydrogen-bond acceptors (Lipinski definition) is 6. The van der Waals surface area contributed by atoms with Gasteiger partial charge in [0, 0.05) is 17.4 Å². The van der Waals surface area contributed by atoms with Gasteiger partial charge in [-0.15, -0.1) is 11.3 Å². The number of carbonyl (C=O) groups excluding carboxylic acids is 1. The Labute approximate surface area is 154 Å². The lowest BCUT2D eigenvalue weighted by atomic mass is 10.0. The van der Waals surface area contributed by atoms with Crippen molar-refractivity contribution in [1.82, 2.24) is 4.57 Å². The number of thiazole rings is 1. The minimum atomic E-state index is -1.25. The summed E-state index contributed by atoms with van der Waals surface area (Å²) in [5.74, 6) is -1.26. The van der Waals surface area contributed by atoms with Crippen LogP contribution in [-0.4, -0.2) is 21.9 Å². The highest BCUT2D eigenvalue weighted by molar-refractivity contribution is 7.73.